The largest absolute Gasteiger partial charge is 0.480 e. The average Bonchev–Trinajstić information content (AvgIpc) is 2.90. The molecule has 0 aliphatic carbocycles. The minimum absolute atomic E-state index is 0.0636. The first-order valence-corrected chi connectivity index (χ1v) is 9.00. The second-order valence-corrected chi connectivity index (χ2v) is 7.51. The Morgan fingerprint density at radius 3 is 2.65 bits per heavy atom. The Balaban J connectivity index is 2.36. The van der Waals surface area contributed by atoms with Crippen molar-refractivity contribution in [3.63, 3.8) is 0 Å². The highest BCUT2D eigenvalue weighted by Gasteiger charge is 2.22. The predicted octanol–water partition coefficient (Wildman–Crippen LogP) is 1.83. The lowest BCUT2D eigenvalue weighted by Gasteiger charge is -2.10. The molecule has 1 aromatic carbocycles. The fourth-order valence-electron chi connectivity index (χ4n) is 1.84. The molecular formula is C14H15NO6S2. The summed E-state index contributed by atoms with van der Waals surface area (Å²) in [6.45, 7) is 3.19. The van der Waals surface area contributed by atoms with E-state index >= 15 is 0 Å². The number of benzene rings is 1. The van der Waals surface area contributed by atoms with E-state index in [9.17, 15) is 18.0 Å². The molecule has 0 saturated carbocycles. The average molecular weight is 357 g/mol. The number of carboxylic acids is 1. The zero-order valence-corrected chi connectivity index (χ0v) is 14.0. The summed E-state index contributed by atoms with van der Waals surface area (Å²) in [4.78, 5) is 22.8. The summed E-state index contributed by atoms with van der Waals surface area (Å²) in [5, 5.41) is 9.38. The van der Waals surface area contributed by atoms with E-state index in [4.69, 9.17) is 9.84 Å². The molecule has 124 valence electrons. The van der Waals surface area contributed by atoms with Crippen LogP contribution in [0.4, 0.5) is 0 Å². The SMILES string of the molecule is CCOC(=O)c1cc2cc(S(=O)(=O)N[C@H](C)C(=O)O)ccc2s1. The molecule has 1 atom stereocenters. The van der Waals surface area contributed by atoms with Gasteiger partial charge < -0.3 is 9.84 Å². The third-order valence-electron chi connectivity index (χ3n) is 2.98. The number of hydrogen-bond donors (Lipinski definition) is 2. The third kappa shape index (κ3) is 3.87. The molecule has 0 saturated heterocycles. The Labute approximate surface area is 136 Å². The second-order valence-electron chi connectivity index (χ2n) is 4.71. The first-order chi connectivity index (χ1) is 10.7. The Bertz CT molecular complexity index is 855. The van der Waals surface area contributed by atoms with Crippen LogP contribution in [0.15, 0.2) is 29.2 Å². The quantitative estimate of drug-likeness (QED) is 0.763. The number of carboxylic acid groups (broad SMARTS) is 1. The van der Waals surface area contributed by atoms with Crippen LogP contribution in [0.5, 0.6) is 0 Å². The van der Waals surface area contributed by atoms with Crippen molar-refractivity contribution in [1.82, 2.24) is 4.72 Å². The van der Waals surface area contributed by atoms with Crippen molar-refractivity contribution in [2.45, 2.75) is 24.8 Å². The monoisotopic (exact) mass is 357 g/mol. The van der Waals surface area contributed by atoms with E-state index in [2.05, 4.69) is 4.72 Å². The van der Waals surface area contributed by atoms with Gasteiger partial charge in [0.05, 0.1) is 11.5 Å². The predicted molar refractivity (Wildman–Crippen MR) is 85.2 cm³/mol. The van der Waals surface area contributed by atoms with E-state index < -0.39 is 28.0 Å². The van der Waals surface area contributed by atoms with Gasteiger partial charge in [0, 0.05) is 4.70 Å². The molecule has 0 aliphatic rings. The van der Waals surface area contributed by atoms with Crippen LogP contribution < -0.4 is 4.72 Å². The lowest BCUT2D eigenvalue weighted by Crippen LogP contribution is -2.38. The maximum absolute atomic E-state index is 12.2. The Kier molecular flexibility index (Phi) is 5.03. The van der Waals surface area contributed by atoms with Crippen LogP contribution in [0.25, 0.3) is 10.1 Å². The van der Waals surface area contributed by atoms with Crippen LogP contribution in [0.2, 0.25) is 0 Å². The molecule has 23 heavy (non-hydrogen) atoms. The number of aliphatic carboxylic acids is 1. The van der Waals surface area contributed by atoms with Gasteiger partial charge in [-0.25, -0.2) is 13.2 Å². The molecule has 0 spiro atoms. The van der Waals surface area contributed by atoms with Crippen LogP contribution in [0.3, 0.4) is 0 Å². The van der Waals surface area contributed by atoms with Crippen LogP contribution in [-0.4, -0.2) is 38.1 Å². The number of hydrogen-bond acceptors (Lipinski definition) is 6. The zero-order chi connectivity index (χ0) is 17.2. The lowest BCUT2D eigenvalue weighted by molar-refractivity contribution is -0.138. The molecule has 0 aliphatic heterocycles. The molecule has 9 heteroatoms. The van der Waals surface area contributed by atoms with E-state index in [1.54, 1.807) is 19.1 Å². The first kappa shape index (κ1) is 17.4. The van der Waals surface area contributed by atoms with E-state index in [1.807, 2.05) is 0 Å². The van der Waals surface area contributed by atoms with Gasteiger partial charge in [-0.05, 0) is 43.5 Å². The van der Waals surface area contributed by atoms with Crippen molar-refractivity contribution >= 4 is 43.4 Å². The van der Waals surface area contributed by atoms with Gasteiger partial charge in [0.15, 0.2) is 0 Å². The minimum Gasteiger partial charge on any atom is -0.480 e. The van der Waals surface area contributed by atoms with Gasteiger partial charge in [-0.15, -0.1) is 11.3 Å². The van der Waals surface area contributed by atoms with E-state index in [0.29, 0.717) is 10.3 Å². The highest BCUT2D eigenvalue weighted by Crippen LogP contribution is 2.28. The van der Waals surface area contributed by atoms with Gasteiger partial charge in [0.1, 0.15) is 10.9 Å². The second kappa shape index (κ2) is 6.65. The standard InChI is InChI=1S/C14H15NO6S2/c1-3-21-14(18)12-7-9-6-10(4-5-11(9)22-12)23(19,20)15-8(2)13(16)17/h4-8,15H,3H2,1-2H3,(H,16,17)/t8-/m1/s1. The molecule has 2 N–H and O–H groups in total. The zero-order valence-electron chi connectivity index (χ0n) is 12.4. The molecule has 2 aromatic rings. The number of fused-ring (bicyclic) bond motifs is 1. The van der Waals surface area contributed by atoms with Gasteiger partial charge >= 0.3 is 11.9 Å². The van der Waals surface area contributed by atoms with E-state index in [-0.39, 0.29) is 11.5 Å². The molecule has 2 rings (SSSR count). The van der Waals surface area contributed by atoms with Gasteiger partial charge in [-0.1, -0.05) is 0 Å². The van der Waals surface area contributed by atoms with Crippen molar-refractivity contribution < 1.29 is 27.9 Å². The van der Waals surface area contributed by atoms with Crippen molar-refractivity contribution in [2.75, 3.05) is 6.61 Å². The van der Waals surface area contributed by atoms with E-state index in [1.165, 1.54) is 30.4 Å². The van der Waals surface area contributed by atoms with Crippen LogP contribution in [0.1, 0.15) is 23.5 Å². The Hall–Kier alpha value is -1.97. The number of sulfonamides is 1. The van der Waals surface area contributed by atoms with Crippen molar-refractivity contribution in [3.05, 3.63) is 29.1 Å². The number of carbonyl (C=O) groups excluding carboxylic acids is 1. The molecule has 0 amide bonds. The molecule has 0 fully saturated rings. The molecular weight excluding hydrogens is 342 g/mol. The fourth-order valence-corrected chi connectivity index (χ4v) is 4.01. The topological polar surface area (TPSA) is 110 Å². The number of esters is 1. The summed E-state index contributed by atoms with van der Waals surface area (Å²) in [5.74, 6) is -1.73. The van der Waals surface area contributed by atoms with Crippen LogP contribution >= 0.6 is 11.3 Å². The summed E-state index contributed by atoms with van der Waals surface area (Å²) in [5.41, 5.74) is 0. The van der Waals surface area contributed by atoms with Gasteiger partial charge in [0.25, 0.3) is 0 Å². The molecule has 7 nitrogen and oxygen atoms in total. The smallest absolute Gasteiger partial charge is 0.348 e. The summed E-state index contributed by atoms with van der Waals surface area (Å²) in [6, 6.07) is 4.64. The number of rotatable bonds is 6. The molecule has 0 unspecified atom stereocenters. The minimum atomic E-state index is -3.96. The van der Waals surface area contributed by atoms with Gasteiger partial charge in [0.2, 0.25) is 10.0 Å². The highest BCUT2D eigenvalue weighted by atomic mass is 32.2. The van der Waals surface area contributed by atoms with Gasteiger partial charge in [-0.2, -0.15) is 4.72 Å². The normalized spacial score (nSPS) is 13.0. The maximum Gasteiger partial charge on any atom is 0.348 e. The van der Waals surface area contributed by atoms with Crippen molar-refractivity contribution in [1.29, 1.82) is 0 Å². The number of nitrogens with one attached hydrogen (secondary N) is 1. The highest BCUT2D eigenvalue weighted by molar-refractivity contribution is 7.89. The third-order valence-corrected chi connectivity index (χ3v) is 5.61. The lowest BCUT2D eigenvalue weighted by atomic mass is 10.2. The van der Waals surface area contributed by atoms with Crippen LogP contribution in [-0.2, 0) is 19.6 Å². The van der Waals surface area contributed by atoms with Crippen LogP contribution in [0, 0.1) is 0 Å². The Morgan fingerprint density at radius 2 is 2.04 bits per heavy atom. The summed E-state index contributed by atoms with van der Waals surface area (Å²) < 4.78 is 32.1. The number of ether oxygens (including phenoxy) is 1. The Morgan fingerprint density at radius 1 is 1.35 bits per heavy atom. The fraction of sp³-hybridized carbons (Fsp3) is 0.286. The summed E-state index contributed by atoms with van der Waals surface area (Å²) >= 11 is 1.20. The van der Waals surface area contributed by atoms with Gasteiger partial charge in [-0.3, -0.25) is 4.79 Å². The van der Waals surface area contributed by atoms with E-state index in [0.717, 1.165) is 4.70 Å². The molecule has 1 aromatic heterocycles. The molecule has 1 heterocycles. The number of thiophene rings is 1. The summed E-state index contributed by atoms with van der Waals surface area (Å²) in [6.07, 6.45) is 0. The molecule has 0 bridgehead atoms. The maximum atomic E-state index is 12.2. The number of carbonyl (C=O) groups is 2. The molecule has 0 radical (unpaired) electrons. The summed E-state index contributed by atoms with van der Waals surface area (Å²) in [7, 11) is -3.96. The van der Waals surface area contributed by atoms with Crippen molar-refractivity contribution in [3.8, 4) is 0 Å². The van der Waals surface area contributed by atoms with Crippen molar-refractivity contribution in [2.24, 2.45) is 0 Å². The first-order valence-electron chi connectivity index (χ1n) is 6.70.